The fourth-order valence-electron chi connectivity index (χ4n) is 2.45. The van der Waals surface area contributed by atoms with Crippen molar-refractivity contribution in [2.45, 2.75) is 6.54 Å². The molecule has 1 heterocycles. The third-order valence-corrected chi connectivity index (χ3v) is 3.62. The minimum absolute atomic E-state index is 0.450. The van der Waals surface area contributed by atoms with Gasteiger partial charge in [-0.05, 0) is 29.8 Å². The largest absolute Gasteiger partial charge is 0.493 e. The van der Waals surface area contributed by atoms with Crippen molar-refractivity contribution in [3.63, 3.8) is 0 Å². The van der Waals surface area contributed by atoms with Crippen LogP contribution in [0.1, 0.15) is 5.56 Å². The smallest absolute Gasteiger partial charge is 0.163 e. The Kier molecular flexibility index (Phi) is 5.11. The van der Waals surface area contributed by atoms with Crippen LogP contribution in [0.5, 0.6) is 23.0 Å². The molecular formula is C19H21NO4. The van der Waals surface area contributed by atoms with Crippen LogP contribution in [0, 0.1) is 0 Å². The van der Waals surface area contributed by atoms with Gasteiger partial charge >= 0.3 is 0 Å². The summed E-state index contributed by atoms with van der Waals surface area (Å²) in [6.45, 7) is 5.94. The molecule has 0 unspecified atom stereocenters. The maximum absolute atomic E-state index is 5.60. The molecule has 1 aliphatic heterocycles. The predicted octanol–water partition coefficient (Wildman–Crippen LogP) is 3.64. The molecule has 1 aliphatic rings. The Hall–Kier alpha value is -2.82. The van der Waals surface area contributed by atoms with Crippen LogP contribution in [0.2, 0.25) is 0 Å². The highest BCUT2D eigenvalue weighted by Gasteiger charge is 2.11. The maximum atomic E-state index is 5.60. The Labute approximate surface area is 141 Å². The number of anilines is 1. The number of fused-ring (bicyclic) bond motifs is 1. The van der Waals surface area contributed by atoms with E-state index >= 15 is 0 Å². The molecule has 2 aromatic rings. The highest BCUT2D eigenvalue weighted by Crippen LogP contribution is 2.33. The number of rotatable bonds is 7. The van der Waals surface area contributed by atoms with Gasteiger partial charge in [0.05, 0.1) is 7.11 Å². The summed E-state index contributed by atoms with van der Waals surface area (Å²) < 4.78 is 22.1. The molecule has 0 amide bonds. The first-order valence-electron chi connectivity index (χ1n) is 7.84. The maximum Gasteiger partial charge on any atom is 0.163 e. The fourth-order valence-corrected chi connectivity index (χ4v) is 2.45. The predicted molar refractivity (Wildman–Crippen MR) is 93.4 cm³/mol. The SMILES string of the molecule is C=CCOc1ccc(CNc2ccc3c(c2)OCCO3)cc1OC. The molecule has 0 aliphatic carbocycles. The van der Waals surface area contributed by atoms with E-state index in [0.717, 1.165) is 22.7 Å². The molecule has 3 rings (SSSR count). The summed E-state index contributed by atoms with van der Waals surface area (Å²) in [5, 5.41) is 3.38. The molecule has 0 aromatic heterocycles. The number of hydrogen-bond donors (Lipinski definition) is 1. The van der Waals surface area contributed by atoms with Gasteiger partial charge in [0.15, 0.2) is 23.0 Å². The Morgan fingerprint density at radius 1 is 1.08 bits per heavy atom. The van der Waals surface area contributed by atoms with Crippen molar-refractivity contribution in [2.75, 3.05) is 32.2 Å². The highest BCUT2D eigenvalue weighted by molar-refractivity contribution is 5.55. The van der Waals surface area contributed by atoms with Crippen LogP contribution >= 0.6 is 0 Å². The van der Waals surface area contributed by atoms with Crippen LogP contribution in [0.4, 0.5) is 5.69 Å². The van der Waals surface area contributed by atoms with Crippen LogP contribution in [-0.4, -0.2) is 26.9 Å². The van der Waals surface area contributed by atoms with Crippen molar-refractivity contribution < 1.29 is 18.9 Å². The van der Waals surface area contributed by atoms with E-state index in [1.54, 1.807) is 13.2 Å². The first kappa shape index (κ1) is 16.1. The number of hydrogen-bond acceptors (Lipinski definition) is 5. The molecule has 1 N–H and O–H groups in total. The quantitative estimate of drug-likeness (QED) is 0.787. The van der Waals surface area contributed by atoms with E-state index in [4.69, 9.17) is 18.9 Å². The fraction of sp³-hybridized carbons (Fsp3) is 0.263. The van der Waals surface area contributed by atoms with Crippen LogP contribution in [0.3, 0.4) is 0 Å². The van der Waals surface area contributed by atoms with Crippen molar-refractivity contribution in [3.8, 4) is 23.0 Å². The Bertz CT molecular complexity index is 715. The van der Waals surface area contributed by atoms with Crippen molar-refractivity contribution in [1.29, 1.82) is 0 Å². The molecule has 0 saturated heterocycles. The van der Waals surface area contributed by atoms with Gasteiger partial charge < -0.3 is 24.3 Å². The molecule has 24 heavy (non-hydrogen) atoms. The van der Waals surface area contributed by atoms with E-state index in [1.165, 1.54) is 0 Å². The second-order valence-corrected chi connectivity index (χ2v) is 5.30. The van der Waals surface area contributed by atoms with Gasteiger partial charge in [0, 0.05) is 18.3 Å². The number of nitrogens with one attached hydrogen (secondary N) is 1. The van der Waals surface area contributed by atoms with Crippen molar-refractivity contribution in [1.82, 2.24) is 0 Å². The summed E-state index contributed by atoms with van der Waals surface area (Å²) in [5.74, 6) is 2.98. The number of benzene rings is 2. The zero-order valence-corrected chi connectivity index (χ0v) is 13.7. The third kappa shape index (κ3) is 3.74. The van der Waals surface area contributed by atoms with Gasteiger partial charge in [-0.15, -0.1) is 0 Å². The van der Waals surface area contributed by atoms with Crippen molar-refractivity contribution >= 4 is 5.69 Å². The first-order chi connectivity index (χ1) is 11.8. The average molecular weight is 327 g/mol. The lowest BCUT2D eigenvalue weighted by atomic mass is 10.2. The lowest BCUT2D eigenvalue weighted by molar-refractivity contribution is 0.171. The molecule has 0 atom stereocenters. The zero-order valence-electron chi connectivity index (χ0n) is 13.7. The Balaban J connectivity index is 1.66. The molecule has 126 valence electrons. The van der Waals surface area contributed by atoms with Gasteiger partial charge in [-0.25, -0.2) is 0 Å². The van der Waals surface area contributed by atoms with E-state index in [1.807, 2.05) is 36.4 Å². The molecule has 0 saturated carbocycles. The van der Waals surface area contributed by atoms with Crippen LogP contribution in [-0.2, 0) is 6.54 Å². The summed E-state index contributed by atoms with van der Waals surface area (Å²) in [6, 6.07) is 11.7. The number of methoxy groups -OCH3 is 1. The normalized spacial score (nSPS) is 12.4. The zero-order chi connectivity index (χ0) is 16.8. The van der Waals surface area contributed by atoms with Crippen molar-refractivity contribution in [3.05, 3.63) is 54.6 Å². The van der Waals surface area contributed by atoms with Crippen LogP contribution in [0.25, 0.3) is 0 Å². The van der Waals surface area contributed by atoms with E-state index in [9.17, 15) is 0 Å². The van der Waals surface area contributed by atoms with Gasteiger partial charge in [-0.1, -0.05) is 18.7 Å². The summed E-state index contributed by atoms with van der Waals surface area (Å²) >= 11 is 0. The standard InChI is InChI=1S/C19H21NO4/c1-3-8-22-16-6-4-14(11-18(16)21-2)13-20-15-5-7-17-19(12-15)24-10-9-23-17/h3-7,11-12,20H,1,8-10,13H2,2H3. The first-order valence-corrected chi connectivity index (χ1v) is 7.84. The molecule has 5 nitrogen and oxygen atoms in total. The molecular weight excluding hydrogens is 306 g/mol. The molecule has 0 radical (unpaired) electrons. The molecule has 0 spiro atoms. The van der Waals surface area contributed by atoms with E-state index in [0.29, 0.717) is 37.9 Å². The van der Waals surface area contributed by atoms with Gasteiger partial charge in [0.2, 0.25) is 0 Å². The lowest BCUT2D eigenvalue weighted by Gasteiger charge is -2.19. The summed E-state index contributed by atoms with van der Waals surface area (Å²) in [4.78, 5) is 0. The Morgan fingerprint density at radius 3 is 2.71 bits per heavy atom. The minimum atomic E-state index is 0.450. The van der Waals surface area contributed by atoms with Crippen molar-refractivity contribution in [2.24, 2.45) is 0 Å². The minimum Gasteiger partial charge on any atom is -0.493 e. The van der Waals surface area contributed by atoms with Crippen LogP contribution in [0.15, 0.2) is 49.1 Å². The molecule has 5 heteroatoms. The average Bonchev–Trinajstić information content (AvgIpc) is 2.64. The molecule has 0 bridgehead atoms. The second kappa shape index (κ2) is 7.64. The molecule has 2 aromatic carbocycles. The monoisotopic (exact) mass is 327 g/mol. The van der Waals surface area contributed by atoms with E-state index < -0.39 is 0 Å². The lowest BCUT2D eigenvalue weighted by Crippen LogP contribution is -2.15. The van der Waals surface area contributed by atoms with Crippen LogP contribution < -0.4 is 24.3 Å². The highest BCUT2D eigenvalue weighted by atomic mass is 16.6. The summed E-state index contributed by atoms with van der Waals surface area (Å²) in [6.07, 6.45) is 1.71. The second-order valence-electron chi connectivity index (χ2n) is 5.30. The Morgan fingerprint density at radius 2 is 1.92 bits per heavy atom. The van der Waals surface area contributed by atoms with Gasteiger partial charge in [-0.2, -0.15) is 0 Å². The van der Waals surface area contributed by atoms with Gasteiger partial charge in [0.25, 0.3) is 0 Å². The van der Waals surface area contributed by atoms with Gasteiger partial charge in [-0.3, -0.25) is 0 Å². The topological polar surface area (TPSA) is 49.0 Å². The van der Waals surface area contributed by atoms with E-state index in [-0.39, 0.29) is 0 Å². The van der Waals surface area contributed by atoms with Gasteiger partial charge in [0.1, 0.15) is 19.8 Å². The third-order valence-electron chi connectivity index (χ3n) is 3.62. The van der Waals surface area contributed by atoms with E-state index in [2.05, 4.69) is 11.9 Å². The molecule has 0 fully saturated rings. The summed E-state index contributed by atoms with van der Waals surface area (Å²) in [7, 11) is 1.63. The summed E-state index contributed by atoms with van der Waals surface area (Å²) in [5.41, 5.74) is 2.07. The number of ether oxygens (including phenoxy) is 4.